The fraction of sp³-hybridized carbons (Fsp3) is 0.533. The van der Waals surface area contributed by atoms with Crippen molar-refractivity contribution in [2.24, 2.45) is 0 Å². The third kappa shape index (κ3) is 3.10. The summed E-state index contributed by atoms with van der Waals surface area (Å²) in [6.07, 6.45) is 3.65. The lowest BCUT2D eigenvalue weighted by molar-refractivity contribution is -0.114. The molecule has 108 valence electrons. The molecule has 2 N–H and O–H groups in total. The molecule has 0 aromatic heterocycles. The first kappa shape index (κ1) is 13.4. The summed E-state index contributed by atoms with van der Waals surface area (Å²) in [4.78, 5) is 13.5. The van der Waals surface area contributed by atoms with E-state index in [0.717, 1.165) is 25.6 Å². The average Bonchev–Trinajstić information content (AvgIpc) is 3.14. The predicted octanol–water partition coefficient (Wildman–Crippen LogP) is 2.43. The number of amides is 1. The maximum atomic E-state index is 13.8. The number of nitrogens with one attached hydrogen (secondary N) is 2. The van der Waals surface area contributed by atoms with Gasteiger partial charge in [-0.3, -0.25) is 9.69 Å². The van der Waals surface area contributed by atoms with E-state index in [4.69, 9.17) is 0 Å². The first-order valence-electron chi connectivity index (χ1n) is 7.19. The quantitative estimate of drug-likeness (QED) is 0.888. The van der Waals surface area contributed by atoms with Crippen LogP contribution in [0.3, 0.4) is 0 Å². The highest BCUT2D eigenvalue weighted by atomic mass is 19.1. The first-order valence-corrected chi connectivity index (χ1v) is 7.19. The van der Waals surface area contributed by atoms with E-state index in [1.54, 1.807) is 12.1 Å². The zero-order valence-corrected chi connectivity index (χ0v) is 11.7. The lowest BCUT2D eigenvalue weighted by Gasteiger charge is -2.17. The van der Waals surface area contributed by atoms with Crippen LogP contribution in [0, 0.1) is 5.82 Å². The predicted molar refractivity (Wildman–Crippen MR) is 77.3 cm³/mol. The standard InChI is InChI=1S/C15H20FN3O/c1-10(20)17-11-2-5-14(16)15(8-11)18-12-6-7-19(9-12)13-3-4-13/h2,5,8,12-13,18H,3-4,6-7,9H2,1H3,(H,17,20). The number of carbonyl (C=O) groups is 1. The summed E-state index contributed by atoms with van der Waals surface area (Å²) in [5.41, 5.74) is 1.09. The van der Waals surface area contributed by atoms with E-state index in [-0.39, 0.29) is 17.8 Å². The van der Waals surface area contributed by atoms with E-state index in [1.165, 1.54) is 25.8 Å². The molecule has 1 amide bonds. The Morgan fingerprint density at radius 3 is 2.85 bits per heavy atom. The van der Waals surface area contributed by atoms with Gasteiger partial charge in [-0.1, -0.05) is 0 Å². The smallest absolute Gasteiger partial charge is 0.221 e. The Labute approximate surface area is 118 Å². The molecule has 3 rings (SSSR count). The van der Waals surface area contributed by atoms with Crippen molar-refractivity contribution in [1.29, 1.82) is 0 Å². The van der Waals surface area contributed by atoms with Crippen molar-refractivity contribution in [3.8, 4) is 0 Å². The number of halogens is 1. The van der Waals surface area contributed by atoms with Crippen LogP contribution in [0.25, 0.3) is 0 Å². The van der Waals surface area contributed by atoms with E-state index < -0.39 is 0 Å². The van der Waals surface area contributed by atoms with E-state index in [0.29, 0.717) is 11.4 Å². The van der Waals surface area contributed by atoms with Crippen LogP contribution in [0.2, 0.25) is 0 Å². The molecule has 2 fully saturated rings. The molecule has 1 atom stereocenters. The third-order valence-corrected chi connectivity index (χ3v) is 3.93. The zero-order chi connectivity index (χ0) is 14.1. The molecule has 1 unspecified atom stereocenters. The number of nitrogens with zero attached hydrogens (tertiary/aromatic N) is 1. The summed E-state index contributed by atoms with van der Waals surface area (Å²) >= 11 is 0. The van der Waals surface area contributed by atoms with Gasteiger partial charge in [0.2, 0.25) is 5.91 Å². The van der Waals surface area contributed by atoms with Crippen LogP contribution < -0.4 is 10.6 Å². The van der Waals surface area contributed by atoms with E-state index in [9.17, 15) is 9.18 Å². The van der Waals surface area contributed by atoms with Crippen molar-refractivity contribution in [3.05, 3.63) is 24.0 Å². The minimum absolute atomic E-state index is 0.150. The van der Waals surface area contributed by atoms with E-state index >= 15 is 0 Å². The number of carbonyl (C=O) groups excluding carboxylic acids is 1. The minimum atomic E-state index is -0.274. The topological polar surface area (TPSA) is 44.4 Å². The number of hydrogen-bond acceptors (Lipinski definition) is 3. The first-order chi connectivity index (χ1) is 9.61. The molecule has 0 radical (unpaired) electrons. The lowest BCUT2D eigenvalue weighted by Crippen LogP contribution is -2.28. The van der Waals surface area contributed by atoms with Crippen LogP contribution in [0.15, 0.2) is 18.2 Å². The highest BCUT2D eigenvalue weighted by Gasteiger charge is 2.34. The summed E-state index contributed by atoms with van der Waals surface area (Å²) in [6, 6.07) is 5.68. The monoisotopic (exact) mass is 277 g/mol. The van der Waals surface area contributed by atoms with Gasteiger partial charge in [0.05, 0.1) is 5.69 Å². The van der Waals surface area contributed by atoms with Crippen LogP contribution in [0.4, 0.5) is 15.8 Å². The van der Waals surface area contributed by atoms with Gasteiger partial charge in [-0.2, -0.15) is 0 Å². The minimum Gasteiger partial charge on any atom is -0.379 e. The Balaban J connectivity index is 1.65. The van der Waals surface area contributed by atoms with Crippen LogP contribution in [0.5, 0.6) is 0 Å². The molecule has 0 spiro atoms. The summed E-state index contributed by atoms with van der Waals surface area (Å²) in [5.74, 6) is -0.424. The summed E-state index contributed by atoms with van der Waals surface area (Å²) in [6.45, 7) is 3.52. The van der Waals surface area contributed by atoms with Crippen molar-refractivity contribution in [1.82, 2.24) is 4.90 Å². The molecule has 1 saturated carbocycles. The molecular formula is C15H20FN3O. The molecule has 1 heterocycles. The van der Waals surface area contributed by atoms with Gasteiger partial charge in [0.1, 0.15) is 5.82 Å². The second kappa shape index (κ2) is 5.40. The maximum Gasteiger partial charge on any atom is 0.221 e. The molecule has 20 heavy (non-hydrogen) atoms. The molecule has 2 aliphatic rings. The summed E-state index contributed by atoms with van der Waals surface area (Å²) < 4.78 is 13.8. The van der Waals surface area contributed by atoms with Crippen molar-refractivity contribution < 1.29 is 9.18 Å². The Hall–Kier alpha value is -1.62. The summed E-state index contributed by atoms with van der Waals surface area (Å²) in [7, 11) is 0. The van der Waals surface area contributed by atoms with Crippen molar-refractivity contribution in [2.45, 2.75) is 38.3 Å². The van der Waals surface area contributed by atoms with Crippen molar-refractivity contribution >= 4 is 17.3 Å². The van der Waals surface area contributed by atoms with Gasteiger partial charge >= 0.3 is 0 Å². The Bertz CT molecular complexity index is 516. The molecule has 1 saturated heterocycles. The number of anilines is 2. The second-order valence-electron chi connectivity index (χ2n) is 5.73. The van der Waals surface area contributed by atoms with Crippen LogP contribution in [-0.2, 0) is 4.79 Å². The number of likely N-dealkylation sites (tertiary alicyclic amines) is 1. The molecule has 5 heteroatoms. The van der Waals surface area contributed by atoms with Gasteiger partial charge in [-0.25, -0.2) is 4.39 Å². The largest absolute Gasteiger partial charge is 0.379 e. The zero-order valence-electron chi connectivity index (χ0n) is 11.7. The SMILES string of the molecule is CC(=O)Nc1ccc(F)c(NC2CCN(C3CC3)C2)c1. The molecule has 1 aliphatic heterocycles. The normalized spacial score (nSPS) is 22.8. The maximum absolute atomic E-state index is 13.8. The molecule has 1 aromatic carbocycles. The molecule has 1 aromatic rings. The highest BCUT2D eigenvalue weighted by molar-refractivity contribution is 5.89. The van der Waals surface area contributed by atoms with Crippen molar-refractivity contribution in [3.63, 3.8) is 0 Å². The summed E-state index contributed by atoms with van der Waals surface area (Å²) in [5, 5.41) is 5.95. The van der Waals surface area contributed by atoms with E-state index in [2.05, 4.69) is 15.5 Å². The van der Waals surface area contributed by atoms with Gasteiger partial charge in [-0.05, 0) is 37.5 Å². The fourth-order valence-electron chi connectivity index (χ4n) is 2.81. The number of rotatable bonds is 4. The van der Waals surface area contributed by atoms with Crippen LogP contribution >= 0.6 is 0 Å². The Morgan fingerprint density at radius 2 is 2.15 bits per heavy atom. The van der Waals surface area contributed by atoms with Gasteiger partial charge in [0, 0.05) is 37.8 Å². The van der Waals surface area contributed by atoms with Gasteiger partial charge in [0.15, 0.2) is 0 Å². The number of benzene rings is 1. The Kier molecular flexibility index (Phi) is 3.61. The Morgan fingerprint density at radius 1 is 1.35 bits per heavy atom. The highest BCUT2D eigenvalue weighted by Crippen LogP contribution is 2.31. The van der Waals surface area contributed by atoms with E-state index in [1.807, 2.05) is 0 Å². The molecule has 1 aliphatic carbocycles. The molecule has 0 bridgehead atoms. The number of hydrogen-bond donors (Lipinski definition) is 2. The third-order valence-electron chi connectivity index (χ3n) is 3.93. The second-order valence-corrected chi connectivity index (χ2v) is 5.73. The lowest BCUT2D eigenvalue weighted by atomic mass is 10.2. The van der Waals surface area contributed by atoms with Gasteiger partial charge < -0.3 is 10.6 Å². The van der Waals surface area contributed by atoms with Crippen LogP contribution in [-0.4, -0.2) is 36.0 Å². The average molecular weight is 277 g/mol. The molecular weight excluding hydrogens is 257 g/mol. The van der Waals surface area contributed by atoms with Crippen LogP contribution in [0.1, 0.15) is 26.2 Å². The molecule has 4 nitrogen and oxygen atoms in total. The van der Waals surface area contributed by atoms with Crippen molar-refractivity contribution in [2.75, 3.05) is 23.7 Å². The van der Waals surface area contributed by atoms with Gasteiger partial charge in [-0.15, -0.1) is 0 Å². The van der Waals surface area contributed by atoms with Gasteiger partial charge in [0.25, 0.3) is 0 Å². The fourth-order valence-corrected chi connectivity index (χ4v) is 2.81.